The molecule has 8 nitrogen and oxygen atoms in total. The number of amides is 2. The van der Waals surface area contributed by atoms with Crippen molar-refractivity contribution in [2.24, 2.45) is 0 Å². The lowest BCUT2D eigenvalue weighted by Crippen LogP contribution is -2.53. The summed E-state index contributed by atoms with van der Waals surface area (Å²) in [6.45, 7) is 5.49. The van der Waals surface area contributed by atoms with Gasteiger partial charge in [0, 0.05) is 24.5 Å². The first-order valence-corrected chi connectivity index (χ1v) is 8.67. The van der Waals surface area contributed by atoms with Crippen LogP contribution >= 0.6 is 12.2 Å². The van der Waals surface area contributed by atoms with Gasteiger partial charge in [-0.3, -0.25) is 29.9 Å². The highest BCUT2D eigenvalue weighted by atomic mass is 32.1. The number of hydrogen-bond acceptors (Lipinski definition) is 5. The summed E-state index contributed by atoms with van der Waals surface area (Å²) in [5, 5.41) is 13.9. The van der Waals surface area contributed by atoms with E-state index in [9.17, 15) is 19.7 Å². The van der Waals surface area contributed by atoms with Gasteiger partial charge in [0.1, 0.15) is 11.3 Å². The van der Waals surface area contributed by atoms with E-state index >= 15 is 0 Å². The number of thiocarbonyl (C=S) groups is 1. The van der Waals surface area contributed by atoms with Crippen molar-refractivity contribution in [2.75, 3.05) is 6.54 Å². The molecule has 1 aliphatic heterocycles. The molecule has 0 saturated carbocycles. The topological polar surface area (TPSA) is 97.5 Å². The van der Waals surface area contributed by atoms with Crippen LogP contribution in [0.15, 0.2) is 54.8 Å². The number of carbonyl (C=O) groups is 2. The summed E-state index contributed by atoms with van der Waals surface area (Å²) < 4.78 is 1.55. The summed E-state index contributed by atoms with van der Waals surface area (Å²) >= 11 is 5.03. The van der Waals surface area contributed by atoms with Gasteiger partial charge in [0.2, 0.25) is 0 Å². The molecule has 0 aliphatic carbocycles. The van der Waals surface area contributed by atoms with Gasteiger partial charge >= 0.3 is 0 Å². The molecular weight excluding hydrogens is 380 g/mol. The van der Waals surface area contributed by atoms with Crippen molar-refractivity contribution in [3.8, 4) is 5.69 Å². The van der Waals surface area contributed by atoms with E-state index in [2.05, 4.69) is 11.9 Å². The van der Waals surface area contributed by atoms with Gasteiger partial charge in [0.25, 0.3) is 17.5 Å². The Morgan fingerprint density at radius 2 is 2.07 bits per heavy atom. The second kappa shape index (κ2) is 7.57. The number of benzene rings is 1. The molecule has 2 amide bonds. The maximum absolute atomic E-state index is 12.7. The number of aromatic nitrogens is 1. The summed E-state index contributed by atoms with van der Waals surface area (Å²) in [5.41, 5.74) is 1.32. The van der Waals surface area contributed by atoms with E-state index in [0.29, 0.717) is 11.4 Å². The van der Waals surface area contributed by atoms with Crippen molar-refractivity contribution in [1.29, 1.82) is 0 Å². The summed E-state index contributed by atoms with van der Waals surface area (Å²) in [4.78, 5) is 37.2. The lowest BCUT2D eigenvalue weighted by atomic mass is 10.1. The Bertz CT molecular complexity index is 1050. The highest BCUT2D eigenvalue weighted by Crippen LogP contribution is 2.27. The number of carbonyl (C=O) groups excluding carboxylic acids is 2. The fourth-order valence-electron chi connectivity index (χ4n) is 2.85. The molecule has 1 N–H and O–H groups in total. The fraction of sp³-hybridized carbons (Fsp3) is 0.105. The van der Waals surface area contributed by atoms with Crippen LogP contribution in [0.4, 0.5) is 5.69 Å². The van der Waals surface area contributed by atoms with Gasteiger partial charge in [-0.05, 0) is 49.0 Å². The zero-order chi connectivity index (χ0) is 20.4. The highest BCUT2D eigenvalue weighted by molar-refractivity contribution is 7.80. The Morgan fingerprint density at radius 3 is 2.75 bits per heavy atom. The third kappa shape index (κ3) is 3.47. The molecule has 1 aliphatic rings. The molecule has 0 radical (unpaired) electrons. The van der Waals surface area contributed by atoms with Gasteiger partial charge in [-0.15, -0.1) is 6.58 Å². The summed E-state index contributed by atoms with van der Waals surface area (Å²) in [6, 6.07) is 8.17. The van der Waals surface area contributed by atoms with Gasteiger partial charge < -0.3 is 4.57 Å². The first-order valence-electron chi connectivity index (χ1n) is 8.26. The summed E-state index contributed by atoms with van der Waals surface area (Å²) in [7, 11) is 0. The number of nitrogens with one attached hydrogen (secondary N) is 1. The molecule has 1 saturated heterocycles. The number of rotatable bonds is 5. The first kappa shape index (κ1) is 19.2. The molecule has 0 spiro atoms. The first-order chi connectivity index (χ1) is 13.3. The molecule has 3 rings (SSSR count). The average Bonchev–Trinajstić information content (AvgIpc) is 3.10. The summed E-state index contributed by atoms with van der Waals surface area (Å²) in [6.07, 6.45) is 4.51. The third-order valence-corrected chi connectivity index (χ3v) is 4.48. The minimum absolute atomic E-state index is 0.0107. The maximum atomic E-state index is 12.7. The van der Waals surface area contributed by atoms with Crippen molar-refractivity contribution in [3.63, 3.8) is 0 Å². The number of nitrogens with zero attached hydrogens (tertiary/aromatic N) is 3. The van der Waals surface area contributed by atoms with E-state index in [1.54, 1.807) is 42.0 Å². The smallest absolute Gasteiger partial charge is 0.293 e. The van der Waals surface area contributed by atoms with E-state index in [1.807, 2.05) is 0 Å². The zero-order valence-electron chi connectivity index (χ0n) is 14.9. The van der Waals surface area contributed by atoms with Crippen molar-refractivity contribution in [3.05, 3.63) is 76.1 Å². The Morgan fingerprint density at radius 1 is 1.32 bits per heavy atom. The fourth-order valence-corrected chi connectivity index (χ4v) is 3.10. The van der Waals surface area contributed by atoms with Crippen LogP contribution in [0.3, 0.4) is 0 Å². The van der Waals surface area contributed by atoms with Crippen LogP contribution < -0.4 is 5.32 Å². The molecule has 0 atom stereocenters. The lowest BCUT2D eigenvalue weighted by Gasteiger charge is -2.27. The molecule has 1 aromatic heterocycles. The van der Waals surface area contributed by atoms with Crippen molar-refractivity contribution < 1.29 is 14.5 Å². The normalized spacial score (nSPS) is 15.7. The van der Waals surface area contributed by atoms with Gasteiger partial charge in [-0.25, -0.2) is 0 Å². The lowest BCUT2D eigenvalue weighted by molar-refractivity contribution is -0.384. The summed E-state index contributed by atoms with van der Waals surface area (Å²) in [5.74, 6) is -1.18. The molecule has 28 heavy (non-hydrogen) atoms. The predicted octanol–water partition coefficient (Wildman–Crippen LogP) is 2.51. The van der Waals surface area contributed by atoms with Crippen LogP contribution in [0.5, 0.6) is 0 Å². The van der Waals surface area contributed by atoms with Crippen molar-refractivity contribution >= 4 is 40.9 Å². The number of aryl methyl sites for hydroxylation is 1. The van der Waals surface area contributed by atoms with Crippen LogP contribution in [-0.2, 0) is 9.59 Å². The maximum Gasteiger partial charge on any atom is 0.293 e. The van der Waals surface area contributed by atoms with Crippen molar-refractivity contribution in [1.82, 2.24) is 14.8 Å². The molecular formula is C19H16N4O4S. The van der Waals surface area contributed by atoms with Gasteiger partial charge in [0.05, 0.1) is 4.92 Å². The second-order valence-corrected chi connectivity index (χ2v) is 6.46. The number of nitro benzene ring substituents is 1. The SMILES string of the molecule is C=CCN1C(=O)/C(=C\c2cccn2-c2ccc(C)cc2[N+](=O)[O-])C(=O)NC1=S. The quantitative estimate of drug-likeness (QED) is 0.209. The minimum Gasteiger partial charge on any atom is -0.311 e. The minimum atomic E-state index is -0.624. The standard InChI is InChI=1S/C19H16N4O4S/c1-3-8-22-18(25)14(17(24)20-19(22)28)11-13-5-4-9-21(13)15-7-6-12(2)10-16(15)23(26)27/h3-7,9-11H,1,8H2,2H3,(H,20,24,28)/b14-11-. The molecule has 1 fully saturated rings. The monoisotopic (exact) mass is 396 g/mol. The second-order valence-electron chi connectivity index (χ2n) is 6.07. The number of nitro groups is 1. The third-order valence-electron chi connectivity index (χ3n) is 4.16. The van der Waals surface area contributed by atoms with E-state index in [0.717, 1.165) is 5.56 Å². The van der Waals surface area contributed by atoms with E-state index < -0.39 is 16.7 Å². The van der Waals surface area contributed by atoms with Crippen LogP contribution in [0.25, 0.3) is 11.8 Å². The highest BCUT2D eigenvalue weighted by Gasteiger charge is 2.33. The Labute approximate surface area is 165 Å². The van der Waals surface area contributed by atoms with Crippen LogP contribution in [-0.4, -0.2) is 37.9 Å². The molecule has 0 unspecified atom stereocenters. The van der Waals surface area contributed by atoms with Crippen LogP contribution in [0.1, 0.15) is 11.3 Å². The van der Waals surface area contributed by atoms with E-state index in [4.69, 9.17) is 12.2 Å². The van der Waals surface area contributed by atoms with E-state index in [-0.39, 0.29) is 22.9 Å². The molecule has 9 heteroatoms. The van der Waals surface area contributed by atoms with Crippen LogP contribution in [0, 0.1) is 17.0 Å². The Kier molecular flexibility index (Phi) is 5.18. The largest absolute Gasteiger partial charge is 0.311 e. The Balaban J connectivity index is 2.09. The van der Waals surface area contributed by atoms with E-state index in [1.165, 1.54) is 23.1 Å². The predicted molar refractivity (Wildman–Crippen MR) is 108 cm³/mol. The van der Waals surface area contributed by atoms with Gasteiger partial charge in [-0.2, -0.15) is 0 Å². The molecule has 1 aromatic carbocycles. The number of hydrogen-bond donors (Lipinski definition) is 1. The zero-order valence-corrected chi connectivity index (χ0v) is 15.7. The molecule has 2 heterocycles. The van der Waals surface area contributed by atoms with Crippen LogP contribution in [0.2, 0.25) is 0 Å². The van der Waals surface area contributed by atoms with Gasteiger partial charge in [-0.1, -0.05) is 12.1 Å². The van der Waals surface area contributed by atoms with Crippen molar-refractivity contribution in [2.45, 2.75) is 6.92 Å². The average molecular weight is 396 g/mol. The van der Waals surface area contributed by atoms with Gasteiger partial charge in [0.15, 0.2) is 5.11 Å². The molecule has 142 valence electrons. The molecule has 2 aromatic rings. The molecule has 0 bridgehead atoms. The Hall–Kier alpha value is -3.59.